The largest absolute Gasteiger partial charge is 0.481 e. The lowest BCUT2D eigenvalue weighted by Gasteiger charge is -2.08. The molecule has 112 valence electrons. The summed E-state index contributed by atoms with van der Waals surface area (Å²) in [5.41, 5.74) is 0.837. The van der Waals surface area contributed by atoms with E-state index >= 15 is 0 Å². The summed E-state index contributed by atoms with van der Waals surface area (Å²) in [4.78, 5) is 0. The predicted octanol–water partition coefficient (Wildman–Crippen LogP) is 5.28. The molecule has 0 unspecified atom stereocenters. The number of aromatic nitrogens is 2. The van der Waals surface area contributed by atoms with Crippen LogP contribution in [0.15, 0.2) is 46.9 Å². The van der Waals surface area contributed by atoms with Gasteiger partial charge in [-0.25, -0.2) is 0 Å². The quantitative estimate of drug-likeness (QED) is 0.639. The third-order valence-electron chi connectivity index (χ3n) is 2.79. The van der Waals surface area contributed by atoms with Gasteiger partial charge in [0.1, 0.15) is 0 Å². The molecule has 3 aromatic rings. The Balaban J connectivity index is 1.74. The molecule has 0 atom stereocenters. The average molecular weight is 356 g/mol. The molecule has 2 aromatic carbocycles. The standard InChI is InChI=1S/C15H9Cl3N2O2/c16-10-6-11(17)14(12(18)7-10)21-8-13-19-20-15(22-13)9-4-2-1-3-5-9/h1-7H,8H2. The second-order valence-electron chi connectivity index (χ2n) is 4.35. The molecule has 0 fully saturated rings. The van der Waals surface area contributed by atoms with Crippen molar-refractivity contribution in [3.05, 3.63) is 63.4 Å². The van der Waals surface area contributed by atoms with Gasteiger partial charge in [0.2, 0.25) is 5.89 Å². The minimum absolute atomic E-state index is 0.0565. The van der Waals surface area contributed by atoms with Crippen molar-refractivity contribution in [2.45, 2.75) is 6.61 Å². The molecular formula is C15H9Cl3N2O2. The summed E-state index contributed by atoms with van der Waals surface area (Å²) in [6.45, 7) is 0.0565. The van der Waals surface area contributed by atoms with Crippen molar-refractivity contribution < 1.29 is 9.15 Å². The summed E-state index contributed by atoms with van der Waals surface area (Å²) < 4.78 is 11.1. The molecule has 1 aromatic heterocycles. The number of halogens is 3. The fourth-order valence-corrected chi connectivity index (χ4v) is 2.74. The Hall–Kier alpha value is -1.75. The van der Waals surface area contributed by atoms with Gasteiger partial charge < -0.3 is 9.15 Å². The van der Waals surface area contributed by atoms with Gasteiger partial charge in [-0.15, -0.1) is 10.2 Å². The van der Waals surface area contributed by atoms with E-state index in [1.165, 1.54) is 0 Å². The van der Waals surface area contributed by atoms with E-state index in [0.29, 0.717) is 32.6 Å². The zero-order chi connectivity index (χ0) is 15.5. The van der Waals surface area contributed by atoms with E-state index in [-0.39, 0.29) is 6.61 Å². The average Bonchev–Trinajstić information content (AvgIpc) is 2.96. The zero-order valence-corrected chi connectivity index (χ0v) is 13.4. The lowest BCUT2D eigenvalue weighted by Crippen LogP contribution is -1.97. The lowest BCUT2D eigenvalue weighted by molar-refractivity contribution is 0.265. The van der Waals surface area contributed by atoms with Crippen LogP contribution in [0.3, 0.4) is 0 Å². The van der Waals surface area contributed by atoms with Crippen molar-refractivity contribution in [2.75, 3.05) is 0 Å². The van der Waals surface area contributed by atoms with Crippen molar-refractivity contribution in [3.8, 4) is 17.2 Å². The van der Waals surface area contributed by atoms with Gasteiger partial charge in [0, 0.05) is 10.6 Å². The summed E-state index contributed by atoms with van der Waals surface area (Å²) in [6, 6.07) is 12.6. The molecule has 3 rings (SSSR count). The molecular weight excluding hydrogens is 347 g/mol. The van der Waals surface area contributed by atoms with E-state index in [0.717, 1.165) is 5.56 Å². The van der Waals surface area contributed by atoms with Crippen molar-refractivity contribution >= 4 is 34.8 Å². The van der Waals surface area contributed by atoms with Crippen LogP contribution >= 0.6 is 34.8 Å². The summed E-state index contributed by atoms with van der Waals surface area (Å²) >= 11 is 17.9. The molecule has 1 heterocycles. The van der Waals surface area contributed by atoms with Gasteiger partial charge in [-0.3, -0.25) is 0 Å². The summed E-state index contributed by atoms with van der Waals surface area (Å²) in [7, 11) is 0. The van der Waals surface area contributed by atoms with Crippen LogP contribution < -0.4 is 4.74 Å². The highest BCUT2D eigenvalue weighted by Crippen LogP contribution is 2.36. The van der Waals surface area contributed by atoms with Gasteiger partial charge in [0.05, 0.1) is 10.0 Å². The Labute approximate surface area is 141 Å². The van der Waals surface area contributed by atoms with E-state index in [1.54, 1.807) is 12.1 Å². The summed E-state index contributed by atoms with van der Waals surface area (Å²) in [5.74, 6) is 1.07. The van der Waals surface area contributed by atoms with Crippen LogP contribution in [0.4, 0.5) is 0 Å². The molecule has 0 N–H and O–H groups in total. The molecule has 7 heteroatoms. The Morgan fingerprint density at radius 1 is 0.955 bits per heavy atom. The fourth-order valence-electron chi connectivity index (χ4n) is 1.81. The smallest absolute Gasteiger partial charge is 0.254 e. The number of hydrogen-bond acceptors (Lipinski definition) is 4. The van der Waals surface area contributed by atoms with Crippen LogP contribution in [0.1, 0.15) is 5.89 Å². The van der Waals surface area contributed by atoms with Crippen molar-refractivity contribution in [1.82, 2.24) is 10.2 Å². The molecule has 0 bridgehead atoms. The first-order valence-electron chi connectivity index (χ1n) is 6.28. The first-order valence-corrected chi connectivity index (χ1v) is 7.42. The van der Waals surface area contributed by atoms with E-state index in [1.807, 2.05) is 30.3 Å². The molecule has 0 saturated carbocycles. The fraction of sp³-hybridized carbons (Fsp3) is 0.0667. The highest BCUT2D eigenvalue weighted by atomic mass is 35.5. The molecule has 22 heavy (non-hydrogen) atoms. The van der Waals surface area contributed by atoms with E-state index < -0.39 is 0 Å². The predicted molar refractivity (Wildman–Crippen MR) is 85.5 cm³/mol. The first-order chi connectivity index (χ1) is 10.6. The maximum Gasteiger partial charge on any atom is 0.254 e. The molecule has 0 aliphatic carbocycles. The van der Waals surface area contributed by atoms with Crippen LogP contribution in [0, 0.1) is 0 Å². The maximum absolute atomic E-state index is 6.04. The van der Waals surface area contributed by atoms with Crippen LogP contribution in [0.5, 0.6) is 5.75 Å². The van der Waals surface area contributed by atoms with Gasteiger partial charge in [-0.05, 0) is 24.3 Å². The highest BCUT2D eigenvalue weighted by molar-refractivity contribution is 6.40. The summed E-state index contributed by atoms with van der Waals surface area (Å²) in [5, 5.41) is 8.98. The molecule has 0 aliphatic rings. The van der Waals surface area contributed by atoms with Crippen molar-refractivity contribution in [1.29, 1.82) is 0 Å². The second kappa shape index (κ2) is 6.57. The van der Waals surface area contributed by atoms with Gasteiger partial charge in [0.15, 0.2) is 12.4 Å². The third-order valence-corrected chi connectivity index (χ3v) is 3.57. The Morgan fingerprint density at radius 2 is 1.64 bits per heavy atom. The Morgan fingerprint density at radius 3 is 2.32 bits per heavy atom. The van der Waals surface area contributed by atoms with E-state index in [2.05, 4.69) is 10.2 Å². The SMILES string of the molecule is Clc1cc(Cl)c(OCc2nnc(-c3ccccc3)o2)c(Cl)c1. The molecule has 4 nitrogen and oxygen atoms in total. The van der Waals surface area contributed by atoms with Crippen molar-refractivity contribution in [3.63, 3.8) is 0 Å². The van der Waals surface area contributed by atoms with Crippen molar-refractivity contribution in [2.24, 2.45) is 0 Å². The molecule has 0 amide bonds. The van der Waals surface area contributed by atoms with Crippen LogP contribution in [-0.2, 0) is 6.61 Å². The van der Waals surface area contributed by atoms with Crippen LogP contribution in [-0.4, -0.2) is 10.2 Å². The molecule has 0 aliphatic heterocycles. The summed E-state index contributed by atoms with van der Waals surface area (Å²) in [6.07, 6.45) is 0. The number of benzene rings is 2. The second-order valence-corrected chi connectivity index (χ2v) is 5.61. The Kier molecular flexibility index (Phi) is 4.52. The molecule has 0 spiro atoms. The molecule has 0 saturated heterocycles. The highest BCUT2D eigenvalue weighted by Gasteiger charge is 2.13. The zero-order valence-electron chi connectivity index (χ0n) is 11.1. The minimum Gasteiger partial charge on any atom is -0.481 e. The van der Waals surface area contributed by atoms with Gasteiger partial charge >= 0.3 is 0 Å². The maximum atomic E-state index is 6.04. The van der Waals surface area contributed by atoms with Gasteiger partial charge in [-0.2, -0.15) is 0 Å². The topological polar surface area (TPSA) is 48.2 Å². The normalized spacial score (nSPS) is 10.7. The number of ether oxygens (including phenoxy) is 1. The van der Waals surface area contributed by atoms with Gasteiger partial charge in [-0.1, -0.05) is 53.0 Å². The van der Waals surface area contributed by atoms with E-state index in [9.17, 15) is 0 Å². The lowest BCUT2D eigenvalue weighted by atomic mass is 10.2. The van der Waals surface area contributed by atoms with E-state index in [4.69, 9.17) is 44.0 Å². The van der Waals surface area contributed by atoms with Gasteiger partial charge in [0.25, 0.3) is 5.89 Å². The van der Waals surface area contributed by atoms with Crippen LogP contribution in [0.25, 0.3) is 11.5 Å². The molecule has 0 radical (unpaired) electrons. The number of hydrogen-bond donors (Lipinski definition) is 0. The number of nitrogens with zero attached hydrogens (tertiary/aromatic N) is 2. The Bertz CT molecular complexity index is 767. The minimum atomic E-state index is 0.0565. The third kappa shape index (κ3) is 3.35. The first kappa shape index (κ1) is 15.2. The monoisotopic (exact) mass is 354 g/mol. The van der Waals surface area contributed by atoms with Crippen LogP contribution in [0.2, 0.25) is 15.1 Å². The number of rotatable bonds is 4.